The second kappa shape index (κ2) is 11.6. The van der Waals surface area contributed by atoms with E-state index in [4.69, 9.17) is 19.4 Å². The first-order valence-corrected chi connectivity index (χ1v) is 17.4. The number of benzene rings is 5. The molecule has 9 rings (SSSR count). The first-order chi connectivity index (χ1) is 24.4. The maximum atomic E-state index is 6.56. The van der Waals surface area contributed by atoms with Crippen molar-refractivity contribution in [1.29, 1.82) is 0 Å². The van der Waals surface area contributed by atoms with Gasteiger partial charge in [0.15, 0.2) is 17.5 Å². The highest BCUT2D eigenvalue weighted by atomic mass is 16.3. The summed E-state index contributed by atoms with van der Waals surface area (Å²) in [5.41, 5.74) is 12.0. The number of aromatic nitrogens is 4. The zero-order valence-corrected chi connectivity index (χ0v) is 28.6. The number of hydrogen-bond acceptors (Lipinski definition) is 5. The third-order valence-corrected chi connectivity index (χ3v) is 10.6. The molecule has 0 unspecified atom stereocenters. The molecule has 0 fully saturated rings. The normalized spacial score (nSPS) is 13.3. The first kappa shape index (κ1) is 30.1. The van der Waals surface area contributed by atoms with Crippen LogP contribution in [0.1, 0.15) is 38.8 Å². The molecule has 1 aliphatic carbocycles. The van der Waals surface area contributed by atoms with Gasteiger partial charge in [-0.25, -0.2) is 15.0 Å². The second-order valence-electron chi connectivity index (χ2n) is 13.9. The van der Waals surface area contributed by atoms with Gasteiger partial charge in [0.05, 0.1) is 0 Å². The molecule has 50 heavy (non-hydrogen) atoms. The molecule has 5 heteroatoms. The zero-order valence-electron chi connectivity index (χ0n) is 28.6. The molecule has 0 N–H and O–H groups in total. The molecule has 0 atom stereocenters. The van der Waals surface area contributed by atoms with E-state index in [1.807, 2.05) is 48.5 Å². The van der Waals surface area contributed by atoms with Gasteiger partial charge in [0.1, 0.15) is 16.9 Å². The minimum Gasteiger partial charge on any atom is -0.456 e. The Morgan fingerprint density at radius 2 is 1.10 bits per heavy atom. The van der Waals surface area contributed by atoms with Crippen LogP contribution in [-0.2, 0) is 5.41 Å². The number of nitrogens with zero attached hydrogens (tertiary/aromatic N) is 4. The van der Waals surface area contributed by atoms with Gasteiger partial charge in [-0.3, -0.25) is 4.98 Å². The lowest BCUT2D eigenvalue weighted by Crippen LogP contribution is -2.37. The van der Waals surface area contributed by atoms with Crippen LogP contribution in [0.3, 0.4) is 0 Å². The van der Waals surface area contributed by atoms with E-state index in [2.05, 4.69) is 112 Å². The fourth-order valence-electron chi connectivity index (χ4n) is 8.34. The second-order valence-corrected chi connectivity index (χ2v) is 13.9. The predicted molar refractivity (Wildman–Crippen MR) is 203 cm³/mol. The lowest BCUT2D eigenvalue weighted by molar-refractivity contribution is 0.280. The molecule has 0 amide bonds. The molecule has 0 saturated carbocycles. The molecule has 0 radical (unpaired) electrons. The van der Waals surface area contributed by atoms with Crippen molar-refractivity contribution >= 4 is 21.9 Å². The fraction of sp³-hybridized carbons (Fsp3) is 0.156. The average Bonchev–Trinajstić information content (AvgIpc) is 3.67. The van der Waals surface area contributed by atoms with Gasteiger partial charge < -0.3 is 4.42 Å². The number of hydrogen-bond donors (Lipinski definition) is 0. The molecule has 0 bridgehead atoms. The van der Waals surface area contributed by atoms with Crippen molar-refractivity contribution in [3.05, 3.63) is 145 Å². The summed E-state index contributed by atoms with van der Waals surface area (Å²) in [5.74, 6) is 2.64. The molecular weight excluding hydrogens is 613 g/mol. The molecule has 0 spiro atoms. The fourth-order valence-corrected chi connectivity index (χ4v) is 8.34. The van der Waals surface area contributed by atoms with Crippen LogP contribution in [-0.4, -0.2) is 19.9 Å². The van der Waals surface area contributed by atoms with Gasteiger partial charge >= 0.3 is 0 Å². The quantitative estimate of drug-likeness (QED) is 0.179. The Bertz CT molecular complexity index is 2470. The van der Waals surface area contributed by atoms with E-state index in [0.717, 1.165) is 44.2 Å². The summed E-state index contributed by atoms with van der Waals surface area (Å²) in [7, 11) is 0. The van der Waals surface area contributed by atoms with Crippen LogP contribution in [0.15, 0.2) is 138 Å². The van der Waals surface area contributed by atoms with Crippen LogP contribution >= 0.6 is 0 Å². The van der Waals surface area contributed by atoms with Crippen molar-refractivity contribution in [2.75, 3.05) is 0 Å². The van der Waals surface area contributed by atoms with Crippen LogP contribution in [0.2, 0.25) is 0 Å². The molecule has 5 nitrogen and oxygen atoms in total. The van der Waals surface area contributed by atoms with E-state index in [1.165, 1.54) is 22.3 Å². The van der Waals surface area contributed by atoms with Crippen molar-refractivity contribution in [1.82, 2.24) is 19.9 Å². The van der Waals surface area contributed by atoms with E-state index < -0.39 is 0 Å². The van der Waals surface area contributed by atoms with E-state index in [0.29, 0.717) is 35.0 Å². The Morgan fingerprint density at radius 3 is 1.82 bits per heavy atom. The lowest BCUT2D eigenvalue weighted by atomic mass is 9.63. The van der Waals surface area contributed by atoms with Crippen LogP contribution in [0, 0.1) is 11.8 Å². The average molecular weight is 649 g/mol. The Hall–Kier alpha value is -5.94. The first-order valence-electron chi connectivity index (χ1n) is 17.4. The van der Waals surface area contributed by atoms with Crippen LogP contribution in [0.5, 0.6) is 0 Å². The summed E-state index contributed by atoms with van der Waals surface area (Å²) in [6.07, 6.45) is 1.76. The van der Waals surface area contributed by atoms with E-state index in [1.54, 1.807) is 6.20 Å². The van der Waals surface area contributed by atoms with Crippen molar-refractivity contribution in [3.8, 4) is 56.5 Å². The maximum absolute atomic E-state index is 6.56. The summed E-state index contributed by atoms with van der Waals surface area (Å²) >= 11 is 0. The molecule has 3 aromatic heterocycles. The summed E-state index contributed by atoms with van der Waals surface area (Å²) in [4.78, 5) is 19.0. The Kier molecular flexibility index (Phi) is 6.99. The van der Waals surface area contributed by atoms with E-state index in [-0.39, 0.29) is 5.41 Å². The van der Waals surface area contributed by atoms with Gasteiger partial charge in [-0.15, -0.1) is 0 Å². The monoisotopic (exact) mass is 648 g/mol. The van der Waals surface area contributed by atoms with Crippen LogP contribution in [0.4, 0.5) is 0 Å². The van der Waals surface area contributed by atoms with Gasteiger partial charge in [-0.05, 0) is 81.6 Å². The van der Waals surface area contributed by atoms with Gasteiger partial charge in [0.25, 0.3) is 0 Å². The minimum absolute atomic E-state index is 0.0647. The van der Waals surface area contributed by atoms with Gasteiger partial charge in [0, 0.05) is 33.5 Å². The number of furan rings is 1. The minimum atomic E-state index is -0.0647. The van der Waals surface area contributed by atoms with Gasteiger partial charge in [-0.1, -0.05) is 119 Å². The van der Waals surface area contributed by atoms with Crippen molar-refractivity contribution in [2.24, 2.45) is 11.8 Å². The SMILES string of the molecule is CC(C)C1(C(C)C)c2ccccc2-c2cc3c(cc21)oc1ccc(-c2ccc(-c4nc(-c5ccccc5)nc(-c5ccccn5)n4)cc2)cc13. The standard InChI is InChI=1S/C45H36N4O/c1-27(2)45(28(3)4)37-15-9-8-14-33(37)34-25-36-35-24-32(21-22-40(35)50-41(36)26-38(34)45)29-17-19-31(20-18-29)43-47-42(30-12-6-5-7-13-30)48-44(49-43)39-16-10-11-23-46-39/h5-28H,1-4H3. The third-order valence-electron chi connectivity index (χ3n) is 10.6. The number of pyridine rings is 1. The van der Waals surface area contributed by atoms with Gasteiger partial charge in [0.2, 0.25) is 0 Å². The highest BCUT2D eigenvalue weighted by molar-refractivity contribution is 6.09. The Labute approximate surface area is 291 Å². The number of fused-ring (bicyclic) bond motifs is 6. The predicted octanol–water partition coefficient (Wildman–Crippen LogP) is 11.4. The van der Waals surface area contributed by atoms with E-state index in [9.17, 15) is 0 Å². The lowest BCUT2D eigenvalue weighted by Gasteiger charge is -2.40. The summed E-state index contributed by atoms with van der Waals surface area (Å²) in [5, 5.41) is 2.27. The third kappa shape index (κ3) is 4.61. The molecule has 0 saturated heterocycles. The molecule has 242 valence electrons. The summed E-state index contributed by atoms with van der Waals surface area (Å²) in [6, 6.07) is 44.4. The van der Waals surface area contributed by atoms with Crippen LogP contribution in [0.25, 0.3) is 78.5 Å². The topological polar surface area (TPSA) is 64.7 Å². The van der Waals surface area contributed by atoms with Gasteiger partial charge in [-0.2, -0.15) is 0 Å². The van der Waals surface area contributed by atoms with E-state index >= 15 is 0 Å². The molecule has 1 aliphatic rings. The molecule has 0 aliphatic heterocycles. The van der Waals surface area contributed by atoms with Crippen molar-refractivity contribution in [2.45, 2.75) is 33.1 Å². The Balaban J connectivity index is 1.12. The summed E-state index contributed by atoms with van der Waals surface area (Å²) < 4.78 is 6.56. The zero-order chi connectivity index (χ0) is 34.0. The highest BCUT2D eigenvalue weighted by Gasteiger charge is 2.48. The molecule has 3 heterocycles. The smallest absolute Gasteiger partial charge is 0.182 e. The Morgan fingerprint density at radius 1 is 0.480 bits per heavy atom. The van der Waals surface area contributed by atoms with Crippen molar-refractivity contribution in [3.63, 3.8) is 0 Å². The molecule has 8 aromatic rings. The van der Waals surface area contributed by atoms with Crippen molar-refractivity contribution < 1.29 is 4.42 Å². The molecule has 5 aromatic carbocycles. The maximum Gasteiger partial charge on any atom is 0.182 e. The summed E-state index contributed by atoms with van der Waals surface area (Å²) in [6.45, 7) is 9.42. The van der Waals surface area contributed by atoms with Crippen LogP contribution < -0.4 is 0 Å². The number of rotatable bonds is 6. The molecular formula is C45H36N4O. The highest BCUT2D eigenvalue weighted by Crippen LogP contribution is 2.57. The largest absolute Gasteiger partial charge is 0.456 e.